The van der Waals surface area contributed by atoms with Crippen molar-refractivity contribution >= 4 is 45.9 Å². The number of benzene rings is 4. The van der Waals surface area contributed by atoms with Gasteiger partial charge >= 0.3 is 0 Å². The quantitative estimate of drug-likeness (QED) is 0.245. The summed E-state index contributed by atoms with van der Waals surface area (Å²) < 4.78 is 13.5. The van der Waals surface area contributed by atoms with Gasteiger partial charge in [0.15, 0.2) is 0 Å². The third kappa shape index (κ3) is 4.45. The maximum atomic E-state index is 13.5. The van der Waals surface area contributed by atoms with Gasteiger partial charge in [-0.3, -0.25) is 4.79 Å². The predicted molar refractivity (Wildman–Crippen MR) is 140 cm³/mol. The first-order valence-electron chi connectivity index (χ1n) is 10.6. The van der Waals surface area contributed by atoms with E-state index in [4.69, 9.17) is 11.6 Å². The Balaban J connectivity index is 1.49. The van der Waals surface area contributed by atoms with Crippen LogP contribution in [0.1, 0.15) is 10.4 Å². The first-order valence-corrected chi connectivity index (χ1v) is 12.2. The number of halogens is 2. The highest BCUT2D eigenvalue weighted by atomic mass is 35.5. The number of amides is 1. The Hall–Kier alpha value is -3.54. The lowest BCUT2D eigenvalue weighted by molar-refractivity contribution is 0.102. The topological polar surface area (TPSA) is 44.9 Å². The van der Waals surface area contributed by atoms with Crippen LogP contribution >= 0.6 is 23.4 Å². The monoisotopic (exact) mass is 486 g/mol. The molecule has 4 aromatic carbocycles. The van der Waals surface area contributed by atoms with Gasteiger partial charge in [0.25, 0.3) is 5.91 Å². The normalized spacial score (nSPS) is 11.0. The van der Waals surface area contributed by atoms with Gasteiger partial charge in [0.1, 0.15) is 5.82 Å². The molecule has 0 spiro atoms. The molecular formula is C28H20ClFN2OS. The molecule has 0 fully saturated rings. The van der Waals surface area contributed by atoms with E-state index in [1.807, 2.05) is 54.8 Å². The van der Waals surface area contributed by atoms with E-state index in [-0.39, 0.29) is 11.7 Å². The number of nitrogens with one attached hydrogen (secondary N) is 2. The van der Waals surface area contributed by atoms with Gasteiger partial charge in [-0.15, -0.1) is 11.8 Å². The van der Waals surface area contributed by atoms with Crippen molar-refractivity contribution in [3.05, 3.63) is 107 Å². The van der Waals surface area contributed by atoms with Crippen molar-refractivity contribution < 1.29 is 9.18 Å². The van der Waals surface area contributed by atoms with Crippen LogP contribution in [0.3, 0.4) is 0 Å². The number of para-hydroxylation sites is 1. The van der Waals surface area contributed by atoms with Crippen molar-refractivity contribution in [1.29, 1.82) is 0 Å². The van der Waals surface area contributed by atoms with E-state index in [1.165, 1.54) is 12.1 Å². The Bertz CT molecular complexity index is 1480. The maximum Gasteiger partial charge on any atom is 0.256 e. The second-order valence-corrected chi connectivity index (χ2v) is 9.12. The van der Waals surface area contributed by atoms with Crippen LogP contribution in [0.25, 0.3) is 33.3 Å². The fourth-order valence-corrected chi connectivity index (χ4v) is 4.60. The minimum atomic E-state index is -0.318. The number of hydrogen-bond acceptors (Lipinski definition) is 2. The number of anilines is 1. The summed E-state index contributed by atoms with van der Waals surface area (Å²) in [7, 11) is 0. The summed E-state index contributed by atoms with van der Waals surface area (Å²) in [6.45, 7) is 0. The summed E-state index contributed by atoms with van der Waals surface area (Å²) in [5, 5.41) is 4.66. The van der Waals surface area contributed by atoms with Gasteiger partial charge in [0, 0.05) is 38.3 Å². The summed E-state index contributed by atoms with van der Waals surface area (Å²) in [5.74, 6) is -0.571. The number of carbonyl (C=O) groups excluding carboxylic acids is 1. The number of fused-ring (bicyclic) bond motifs is 1. The summed E-state index contributed by atoms with van der Waals surface area (Å²) >= 11 is 8.08. The van der Waals surface area contributed by atoms with E-state index in [0.717, 1.165) is 38.2 Å². The molecule has 1 aromatic heterocycles. The Morgan fingerprint density at radius 1 is 0.912 bits per heavy atom. The molecule has 34 heavy (non-hydrogen) atoms. The number of thioether (sulfide) groups is 1. The van der Waals surface area contributed by atoms with Gasteiger partial charge in [-0.25, -0.2) is 4.39 Å². The van der Waals surface area contributed by atoms with Gasteiger partial charge in [0.05, 0.1) is 5.02 Å². The second kappa shape index (κ2) is 9.37. The van der Waals surface area contributed by atoms with E-state index in [0.29, 0.717) is 16.3 Å². The number of H-pyrrole nitrogens is 1. The largest absolute Gasteiger partial charge is 0.354 e. The van der Waals surface area contributed by atoms with Crippen LogP contribution in [-0.2, 0) is 0 Å². The third-order valence-corrected chi connectivity index (χ3v) is 6.73. The van der Waals surface area contributed by atoms with Gasteiger partial charge < -0.3 is 10.3 Å². The van der Waals surface area contributed by atoms with E-state index in [9.17, 15) is 9.18 Å². The lowest BCUT2D eigenvalue weighted by Crippen LogP contribution is -2.13. The van der Waals surface area contributed by atoms with Crippen LogP contribution in [0, 0.1) is 5.82 Å². The van der Waals surface area contributed by atoms with Crippen molar-refractivity contribution in [2.45, 2.75) is 4.90 Å². The van der Waals surface area contributed by atoms with Crippen molar-refractivity contribution in [2.75, 3.05) is 11.6 Å². The van der Waals surface area contributed by atoms with E-state index < -0.39 is 0 Å². The Morgan fingerprint density at radius 3 is 2.47 bits per heavy atom. The first-order chi connectivity index (χ1) is 16.5. The number of aromatic amines is 1. The first kappa shape index (κ1) is 22.3. The molecule has 0 saturated carbocycles. The molecule has 0 radical (unpaired) electrons. The van der Waals surface area contributed by atoms with Gasteiger partial charge in [0.2, 0.25) is 0 Å². The van der Waals surface area contributed by atoms with Crippen molar-refractivity contribution in [3.63, 3.8) is 0 Å². The summed E-state index contributed by atoms with van der Waals surface area (Å²) in [4.78, 5) is 17.7. The molecule has 1 heterocycles. The minimum absolute atomic E-state index is 0.253. The summed E-state index contributed by atoms with van der Waals surface area (Å²) in [5.41, 5.74) is 5.34. The Labute approximate surface area is 206 Å². The fourth-order valence-electron chi connectivity index (χ4n) is 3.94. The van der Waals surface area contributed by atoms with Crippen LogP contribution < -0.4 is 5.32 Å². The molecule has 3 nitrogen and oxygen atoms in total. The van der Waals surface area contributed by atoms with Crippen molar-refractivity contribution in [3.8, 4) is 22.4 Å². The number of rotatable bonds is 5. The van der Waals surface area contributed by atoms with E-state index in [2.05, 4.69) is 10.3 Å². The summed E-state index contributed by atoms with van der Waals surface area (Å²) in [6, 6.07) is 27.3. The Morgan fingerprint density at radius 2 is 1.71 bits per heavy atom. The van der Waals surface area contributed by atoms with Crippen molar-refractivity contribution in [2.24, 2.45) is 0 Å². The molecule has 5 rings (SSSR count). The molecular weight excluding hydrogens is 467 g/mol. The smallest absolute Gasteiger partial charge is 0.256 e. The molecule has 0 aliphatic carbocycles. The molecule has 0 atom stereocenters. The number of aromatic nitrogens is 1. The molecule has 1 amide bonds. The highest BCUT2D eigenvalue weighted by Crippen LogP contribution is 2.33. The number of hydrogen-bond donors (Lipinski definition) is 2. The van der Waals surface area contributed by atoms with Crippen LogP contribution in [0.4, 0.5) is 10.1 Å². The molecule has 168 valence electrons. The van der Waals surface area contributed by atoms with Gasteiger partial charge in [-0.05, 0) is 78.0 Å². The van der Waals surface area contributed by atoms with Crippen LogP contribution in [-0.4, -0.2) is 17.1 Å². The lowest BCUT2D eigenvalue weighted by Gasteiger charge is -2.13. The van der Waals surface area contributed by atoms with Crippen LogP contribution in [0.2, 0.25) is 5.02 Å². The highest BCUT2D eigenvalue weighted by molar-refractivity contribution is 7.98. The minimum Gasteiger partial charge on any atom is -0.354 e. The van der Waals surface area contributed by atoms with Crippen molar-refractivity contribution in [1.82, 2.24) is 4.98 Å². The molecule has 6 heteroatoms. The molecule has 0 unspecified atom stereocenters. The second-order valence-electron chi connectivity index (χ2n) is 7.84. The molecule has 0 aliphatic rings. The maximum absolute atomic E-state index is 13.5. The highest BCUT2D eigenvalue weighted by Gasteiger charge is 2.16. The molecule has 5 aromatic rings. The van der Waals surface area contributed by atoms with Crippen LogP contribution in [0.15, 0.2) is 95.9 Å². The number of carbonyl (C=O) groups is 1. The SMILES string of the molecule is CSc1ccc(C(=O)Nc2ccc(Cl)c(-c3cc4ccccc4[nH]3)c2)c(-c2ccc(F)cc2)c1. The summed E-state index contributed by atoms with van der Waals surface area (Å²) in [6.07, 6.45) is 1.97. The molecule has 0 aliphatic heterocycles. The zero-order chi connectivity index (χ0) is 23.7. The van der Waals surface area contributed by atoms with E-state index >= 15 is 0 Å². The molecule has 0 saturated heterocycles. The van der Waals surface area contributed by atoms with Crippen LogP contribution in [0.5, 0.6) is 0 Å². The average molecular weight is 487 g/mol. The standard InChI is InChI=1S/C28H20ClFN2OS/c1-34-21-11-12-22(23(16-21)17-6-8-19(30)9-7-17)28(33)31-20-10-13-25(29)24(15-20)27-14-18-4-2-3-5-26(18)32-27/h2-16,32H,1H3,(H,31,33). The zero-order valence-corrected chi connectivity index (χ0v) is 19.8. The Kier molecular flexibility index (Phi) is 6.14. The predicted octanol–water partition coefficient (Wildman–Crippen LogP) is 8.27. The molecule has 0 bridgehead atoms. The zero-order valence-electron chi connectivity index (χ0n) is 18.2. The fraction of sp³-hybridized carbons (Fsp3) is 0.0357. The third-order valence-electron chi connectivity index (χ3n) is 5.67. The average Bonchev–Trinajstić information content (AvgIpc) is 3.29. The van der Waals surface area contributed by atoms with Gasteiger partial charge in [-0.1, -0.05) is 41.9 Å². The van der Waals surface area contributed by atoms with Gasteiger partial charge in [-0.2, -0.15) is 0 Å². The lowest BCUT2D eigenvalue weighted by atomic mass is 9.99. The van der Waals surface area contributed by atoms with E-state index in [1.54, 1.807) is 42.1 Å². The molecule has 2 N–H and O–H groups in total.